The van der Waals surface area contributed by atoms with Crippen LogP contribution in [0.3, 0.4) is 0 Å². The Labute approximate surface area is 159 Å². The number of sulfonamides is 1. The number of hydrogen-bond acceptors (Lipinski definition) is 3. The topological polar surface area (TPSA) is 66.5 Å². The molecule has 0 saturated carbocycles. The molecule has 0 fully saturated rings. The average Bonchev–Trinajstić information content (AvgIpc) is 2.66. The lowest BCUT2D eigenvalue weighted by Crippen LogP contribution is -2.35. The van der Waals surface area contributed by atoms with E-state index in [1.807, 2.05) is 6.92 Å². The summed E-state index contributed by atoms with van der Waals surface area (Å²) in [5, 5.41) is 0. The first-order chi connectivity index (χ1) is 12.8. The summed E-state index contributed by atoms with van der Waals surface area (Å²) in [6, 6.07) is 10.2. The molecule has 0 saturated heterocycles. The molecule has 7 heteroatoms. The first kappa shape index (κ1) is 19.5. The zero-order valence-electron chi connectivity index (χ0n) is 15.4. The molecule has 2 aromatic rings. The normalized spacial score (nSPS) is 15.3. The number of halogens is 1. The Bertz CT molecular complexity index is 942. The molecule has 1 aliphatic rings. The van der Waals surface area contributed by atoms with E-state index < -0.39 is 10.0 Å². The monoisotopic (exact) mass is 390 g/mol. The largest absolute Gasteiger partial charge is 0.308 e. The number of nitrogens with zero attached hydrogens (tertiary/aromatic N) is 1. The number of hydrogen-bond donors (Lipinski definition) is 1. The Morgan fingerprint density at radius 2 is 1.93 bits per heavy atom. The van der Waals surface area contributed by atoms with Crippen molar-refractivity contribution in [1.29, 1.82) is 0 Å². The summed E-state index contributed by atoms with van der Waals surface area (Å²) in [6.07, 6.45) is 2.29. The summed E-state index contributed by atoms with van der Waals surface area (Å²) < 4.78 is 40.9. The quantitative estimate of drug-likeness (QED) is 0.850. The van der Waals surface area contributed by atoms with Gasteiger partial charge in [-0.15, -0.1) is 0 Å². The Balaban J connectivity index is 1.85. The van der Waals surface area contributed by atoms with Crippen LogP contribution in [0.4, 0.5) is 10.1 Å². The van der Waals surface area contributed by atoms with E-state index in [4.69, 9.17) is 0 Å². The van der Waals surface area contributed by atoms with E-state index in [0.29, 0.717) is 24.2 Å². The van der Waals surface area contributed by atoms with Crippen molar-refractivity contribution >= 4 is 21.6 Å². The fourth-order valence-electron chi connectivity index (χ4n) is 3.11. The minimum absolute atomic E-state index is 0.115. The Morgan fingerprint density at radius 1 is 1.22 bits per heavy atom. The van der Waals surface area contributed by atoms with E-state index in [1.165, 1.54) is 36.4 Å². The number of amides is 1. The first-order valence-corrected chi connectivity index (χ1v) is 10.5. The second kappa shape index (κ2) is 7.78. The third-order valence-corrected chi connectivity index (χ3v) is 6.40. The van der Waals surface area contributed by atoms with Gasteiger partial charge in [-0.2, -0.15) is 0 Å². The second-order valence-corrected chi connectivity index (χ2v) is 8.50. The first-order valence-electron chi connectivity index (χ1n) is 9.04. The van der Waals surface area contributed by atoms with Crippen molar-refractivity contribution in [2.45, 2.75) is 44.0 Å². The SMILES string of the molecule is CCC(C)NS(=O)(=O)c1ccc(C(=O)N2CCCc3ccc(F)cc32)cc1. The smallest absolute Gasteiger partial charge is 0.258 e. The highest BCUT2D eigenvalue weighted by Gasteiger charge is 2.25. The highest BCUT2D eigenvalue weighted by Crippen LogP contribution is 2.29. The Kier molecular flexibility index (Phi) is 5.62. The predicted octanol–water partition coefficient (Wildman–Crippen LogP) is 3.50. The lowest BCUT2D eigenvalue weighted by Gasteiger charge is -2.29. The number of nitrogens with one attached hydrogen (secondary N) is 1. The summed E-state index contributed by atoms with van der Waals surface area (Å²) in [7, 11) is -3.62. The van der Waals surface area contributed by atoms with Crippen molar-refractivity contribution in [3.63, 3.8) is 0 Å². The van der Waals surface area contributed by atoms with Crippen LogP contribution in [0.5, 0.6) is 0 Å². The third kappa shape index (κ3) is 4.20. The van der Waals surface area contributed by atoms with Crippen LogP contribution in [0.2, 0.25) is 0 Å². The molecule has 5 nitrogen and oxygen atoms in total. The number of anilines is 1. The number of carbonyl (C=O) groups excluding carboxylic acids is 1. The van der Waals surface area contributed by atoms with Gasteiger partial charge in [0.2, 0.25) is 10.0 Å². The van der Waals surface area contributed by atoms with E-state index in [0.717, 1.165) is 18.4 Å². The molecule has 0 aromatic heterocycles. The molecule has 3 rings (SSSR count). The third-order valence-electron chi connectivity index (χ3n) is 4.79. The maximum Gasteiger partial charge on any atom is 0.258 e. The van der Waals surface area contributed by atoms with E-state index in [-0.39, 0.29) is 22.7 Å². The molecule has 0 aliphatic carbocycles. The minimum atomic E-state index is -3.62. The Hall–Kier alpha value is -2.25. The van der Waals surface area contributed by atoms with Gasteiger partial charge < -0.3 is 4.90 Å². The summed E-state index contributed by atoms with van der Waals surface area (Å²) in [5.41, 5.74) is 1.89. The summed E-state index contributed by atoms with van der Waals surface area (Å²) in [5.74, 6) is -0.647. The van der Waals surface area contributed by atoms with Crippen molar-refractivity contribution in [1.82, 2.24) is 4.72 Å². The van der Waals surface area contributed by atoms with Crippen LogP contribution in [-0.4, -0.2) is 26.9 Å². The number of fused-ring (bicyclic) bond motifs is 1. The molecule has 1 heterocycles. The zero-order valence-corrected chi connectivity index (χ0v) is 16.2. The zero-order chi connectivity index (χ0) is 19.6. The van der Waals surface area contributed by atoms with Gasteiger partial charge in [0, 0.05) is 18.2 Å². The van der Waals surface area contributed by atoms with Crippen LogP contribution in [0.25, 0.3) is 0 Å². The predicted molar refractivity (Wildman–Crippen MR) is 103 cm³/mol. The summed E-state index contributed by atoms with van der Waals surface area (Å²) in [4.78, 5) is 14.6. The highest BCUT2D eigenvalue weighted by molar-refractivity contribution is 7.89. The van der Waals surface area contributed by atoms with Gasteiger partial charge >= 0.3 is 0 Å². The Morgan fingerprint density at radius 3 is 2.59 bits per heavy atom. The van der Waals surface area contributed by atoms with Gasteiger partial charge in [-0.05, 0) is 68.1 Å². The molecule has 1 atom stereocenters. The lowest BCUT2D eigenvalue weighted by molar-refractivity contribution is 0.0985. The molecule has 2 aromatic carbocycles. The van der Waals surface area contributed by atoms with Crippen LogP contribution < -0.4 is 9.62 Å². The molecule has 1 N–H and O–H groups in total. The van der Waals surface area contributed by atoms with Gasteiger partial charge in [0.15, 0.2) is 0 Å². The maximum absolute atomic E-state index is 13.6. The second-order valence-electron chi connectivity index (χ2n) is 6.79. The van der Waals surface area contributed by atoms with Crippen molar-refractivity contribution in [2.24, 2.45) is 0 Å². The molecule has 0 bridgehead atoms. The highest BCUT2D eigenvalue weighted by atomic mass is 32.2. The average molecular weight is 390 g/mol. The number of rotatable bonds is 5. The van der Waals surface area contributed by atoms with E-state index in [1.54, 1.807) is 17.9 Å². The molecule has 1 unspecified atom stereocenters. The van der Waals surface area contributed by atoms with Crippen LogP contribution in [0.1, 0.15) is 42.6 Å². The lowest BCUT2D eigenvalue weighted by atomic mass is 10.0. The molecular weight excluding hydrogens is 367 g/mol. The van der Waals surface area contributed by atoms with Crippen LogP contribution >= 0.6 is 0 Å². The molecule has 1 amide bonds. The fraction of sp³-hybridized carbons (Fsp3) is 0.350. The number of aryl methyl sites for hydroxylation is 1. The fourth-order valence-corrected chi connectivity index (χ4v) is 4.43. The van der Waals surface area contributed by atoms with Crippen molar-refractivity contribution in [3.05, 3.63) is 59.4 Å². The van der Waals surface area contributed by atoms with Crippen LogP contribution in [0, 0.1) is 5.82 Å². The number of benzene rings is 2. The van der Waals surface area contributed by atoms with Gasteiger partial charge in [-0.3, -0.25) is 4.79 Å². The summed E-state index contributed by atoms with van der Waals surface area (Å²) in [6.45, 7) is 4.20. The molecule has 27 heavy (non-hydrogen) atoms. The van der Waals surface area contributed by atoms with E-state index >= 15 is 0 Å². The molecular formula is C20H23FN2O3S. The van der Waals surface area contributed by atoms with Gasteiger partial charge in [0.05, 0.1) is 10.6 Å². The van der Waals surface area contributed by atoms with Crippen molar-refractivity contribution < 1.29 is 17.6 Å². The van der Waals surface area contributed by atoms with Crippen molar-refractivity contribution in [3.8, 4) is 0 Å². The van der Waals surface area contributed by atoms with Crippen LogP contribution in [-0.2, 0) is 16.4 Å². The minimum Gasteiger partial charge on any atom is -0.308 e. The molecule has 0 radical (unpaired) electrons. The molecule has 0 spiro atoms. The van der Waals surface area contributed by atoms with Gasteiger partial charge in [-0.25, -0.2) is 17.5 Å². The summed E-state index contributed by atoms with van der Waals surface area (Å²) >= 11 is 0. The molecule has 144 valence electrons. The standard InChI is InChI=1S/C20H23FN2O3S/c1-3-14(2)22-27(25,26)18-10-7-16(8-11-18)20(24)23-12-4-5-15-6-9-17(21)13-19(15)23/h6-11,13-14,22H,3-5,12H2,1-2H3. The van der Waals surface area contributed by atoms with E-state index in [9.17, 15) is 17.6 Å². The van der Waals surface area contributed by atoms with E-state index in [2.05, 4.69) is 4.72 Å². The van der Waals surface area contributed by atoms with Crippen LogP contribution in [0.15, 0.2) is 47.4 Å². The van der Waals surface area contributed by atoms with Gasteiger partial charge in [0.25, 0.3) is 5.91 Å². The van der Waals surface area contributed by atoms with Gasteiger partial charge in [0.1, 0.15) is 5.82 Å². The van der Waals surface area contributed by atoms with Gasteiger partial charge in [-0.1, -0.05) is 13.0 Å². The van der Waals surface area contributed by atoms with Crippen molar-refractivity contribution in [2.75, 3.05) is 11.4 Å². The maximum atomic E-state index is 13.6. The molecule has 1 aliphatic heterocycles. The number of carbonyl (C=O) groups is 1.